The predicted molar refractivity (Wildman–Crippen MR) is 91.0 cm³/mol. The molecule has 0 amide bonds. The normalized spacial score (nSPS) is 16.0. The summed E-state index contributed by atoms with van der Waals surface area (Å²) in [5.74, 6) is 0.590. The minimum atomic E-state index is -0.212. The molecule has 1 heterocycles. The van der Waals surface area contributed by atoms with Gasteiger partial charge >= 0.3 is 5.97 Å². The molecule has 0 aliphatic carbocycles. The van der Waals surface area contributed by atoms with Gasteiger partial charge in [-0.15, -0.1) is 0 Å². The van der Waals surface area contributed by atoms with Gasteiger partial charge in [0.15, 0.2) is 0 Å². The second-order valence-corrected chi connectivity index (χ2v) is 5.89. The van der Waals surface area contributed by atoms with Gasteiger partial charge in [0.2, 0.25) is 0 Å². The summed E-state index contributed by atoms with van der Waals surface area (Å²) in [7, 11) is 1.40. The Morgan fingerprint density at radius 2 is 2.13 bits per heavy atom. The summed E-state index contributed by atoms with van der Waals surface area (Å²) in [4.78, 5) is 11.2. The first kappa shape index (κ1) is 15.7. The third-order valence-corrected chi connectivity index (χ3v) is 4.08. The van der Waals surface area contributed by atoms with E-state index < -0.39 is 0 Å². The summed E-state index contributed by atoms with van der Waals surface area (Å²) in [5.41, 5.74) is 3.10. The van der Waals surface area contributed by atoms with Crippen molar-refractivity contribution >= 4 is 23.3 Å². The van der Waals surface area contributed by atoms with E-state index in [1.165, 1.54) is 7.11 Å². The van der Waals surface area contributed by atoms with Crippen LogP contribution in [0, 0.1) is 0 Å². The molecule has 120 valence electrons. The van der Waals surface area contributed by atoms with E-state index in [1.807, 2.05) is 36.4 Å². The second kappa shape index (κ2) is 6.92. The maximum atomic E-state index is 11.2. The molecule has 0 fully saturated rings. The number of hydrogen-bond acceptors (Lipinski definition) is 4. The van der Waals surface area contributed by atoms with Gasteiger partial charge in [-0.3, -0.25) is 4.79 Å². The monoisotopic (exact) mass is 331 g/mol. The van der Waals surface area contributed by atoms with Gasteiger partial charge in [0.1, 0.15) is 11.9 Å². The summed E-state index contributed by atoms with van der Waals surface area (Å²) in [6.07, 6.45) is 0.965. The second-order valence-electron chi connectivity index (χ2n) is 5.46. The number of carbonyl (C=O) groups is 1. The van der Waals surface area contributed by atoms with Crippen LogP contribution in [0.3, 0.4) is 0 Å². The Kier molecular flexibility index (Phi) is 4.72. The van der Waals surface area contributed by atoms with Crippen molar-refractivity contribution in [3.63, 3.8) is 0 Å². The summed E-state index contributed by atoms with van der Waals surface area (Å²) < 4.78 is 10.6. The zero-order valence-electron chi connectivity index (χ0n) is 12.8. The third-order valence-electron chi connectivity index (χ3n) is 3.85. The number of halogens is 1. The molecule has 4 nitrogen and oxygen atoms in total. The van der Waals surface area contributed by atoms with Crippen molar-refractivity contribution in [1.82, 2.24) is 0 Å². The van der Waals surface area contributed by atoms with Crippen LogP contribution in [0.2, 0.25) is 5.02 Å². The molecule has 0 saturated heterocycles. The summed E-state index contributed by atoms with van der Waals surface area (Å²) in [5, 5.41) is 4.08. The minimum absolute atomic E-state index is 0.0291. The van der Waals surface area contributed by atoms with Crippen LogP contribution >= 0.6 is 11.6 Å². The summed E-state index contributed by atoms with van der Waals surface area (Å²) in [6.45, 7) is 0.670. The number of ether oxygens (including phenoxy) is 2. The smallest absolute Gasteiger partial charge is 0.305 e. The summed E-state index contributed by atoms with van der Waals surface area (Å²) >= 11 is 6.05. The van der Waals surface area contributed by atoms with Crippen LogP contribution in [0.25, 0.3) is 11.1 Å². The molecule has 2 aromatic rings. The fourth-order valence-electron chi connectivity index (χ4n) is 2.61. The maximum absolute atomic E-state index is 11.2. The van der Waals surface area contributed by atoms with Gasteiger partial charge in [0, 0.05) is 11.4 Å². The number of hydrogen-bond donors (Lipinski definition) is 1. The lowest BCUT2D eigenvalue weighted by Gasteiger charge is -2.27. The van der Waals surface area contributed by atoms with Crippen LogP contribution in [0.4, 0.5) is 5.69 Å². The van der Waals surface area contributed by atoms with E-state index in [2.05, 4.69) is 16.1 Å². The molecule has 0 unspecified atom stereocenters. The first-order valence-electron chi connectivity index (χ1n) is 7.53. The standard InChI is InChI=1S/C18H18ClNO3/c1-22-18(21)8-6-15-11-20-16-10-13(5-7-17(16)23-15)12-3-2-4-14(19)9-12/h2-5,7,9-10,15,20H,6,8,11H2,1H3/t15-/m0/s1. The number of fused-ring (bicyclic) bond motifs is 1. The van der Waals surface area contributed by atoms with Crippen molar-refractivity contribution in [2.75, 3.05) is 19.0 Å². The number of anilines is 1. The van der Waals surface area contributed by atoms with Crippen molar-refractivity contribution in [3.8, 4) is 16.9 Å². The lowest BCUT2D eigenvalue weighted by atomic mass is 10.0. The van der Waals surface area contributed by atoms with Gasteiger partial charge in [-0.05, 0) is 41.8 Å². The molecule has 2 aromatic carbocycles. The van der Waals surface area contributed by atoms with Crippen molar-refractivity contribution in [3.05, 3.63) is 47.5 Å². The Morgan fingerprint density at radius 3 is 2.91 bits per heavy atom. The quantitative estimate of drug-likeness (QED) is 0.856. The highest BCUT2D eigenvalue weighted by atomic mass is 35.5. The number of benzene rings is 2. The molecule has 23 heavy (non-hydrogen) atoms. The van der Waals surface area contributed by atoms with Crippen LogP contribution in [0.5, 0.6) is 5.75 Å². The zero-order chi connectivity index (χ0) is 16.2. The minimum Gasteiger partial charge on any atom is -0.486 e. The number of esters is 1. The Hall–Kier alpha value is -2.20. The highest BCUT2D eigenvalue weighted by Crippen LogP contribution is 2.34. The molecule has 1 N–H and O–H groups in total. The van der Waals surface area contributed by atoms with Crippen LogP contribution in [-0.2, 0) is 9.53 Å². The molecule has 5 heteroatoms. The van der Waals surface area contributed by atoms with E-state index >= 15 is 0 Å². The van der Waals surface area contributed by atoms with Crippen LogP contribution in [0.15, 0.2) is 42.5 Å². The van der Waals surface area contributed by atoms with Gasteiger partial charge in [0.05, 0.1) is 19.3 Å². The fourth-order valence-corrected chi connectivity index (χ4v) is 2.80. The van der Waals surface area contributed by atoms with Gasteiger partial charge in [0.25, 0.3) is 0 Å². The van der Waals surface area contributed by atoms with E-state index in [0.29, 0.717) is 24.4 Å². The van der Waals surface area contributed by atoms with Crippen LogP contribution in [0.1, 0.15) is 12.8 Å². The van der Waals surface area contributed by atoms with Crippen molar-refractivity contribution in [2.45, 2.75) is 18.9 Å². The van der Waals surface area contributed by atoms with Gasteiger partial charge < -0.3 is 14.8 Å². The molecule has 0 saturated carbocycles. The first-order valence-corrected chi connectivity index (χ1v) is 7.91. The first-order chi connectivity index (χ1) is 11.2. The topological polar surface area (TPSA) is 47.6 Å². The lowest BCUT2D eigenvalue weighted by molar-refractivity contribution is -0.141. The van der Waals surface area contributed by atoms with E-state index in [1.54, 1.807) is 0 Å². The van der Waals surface area contributed by atoms with Gasteiger partial charge in [-0.1, -0.05) is 29.8 Å². The van der Waals surface area contributed by atoms with Gasteiger partial charge in [-0.25, -0.2) is 0 Å². The Labute approximate surface area is 140 Å². The van der Waals surface area contributed by atoms with E-state index in [4.69, 9.17) is 16.3 Å². The highest BCUT2D eigenvalue weighted by molar-refractivity contribution is 6.30. The molecule has 1 atom stereocenters. The Balaban J connectivity index is 1.72. The molecule has 0 radical (unpaired) electrons. The average molecular weight is 332 g/mol. The Bertz CT molecular complexity index is 717. The largest absolute Gasteiger partial charge is 0.486 e. The third kappa shape index (κ3) is 3.77. The highest BCUT2D eigenvalue weighted by Gasteiger charge is 2.20. The SMILES string of the molecule is COC(=O)CC[C@H]1CNc2cc(-c3cccc(Cl)c3)ccc2O1. The number of rotatable bonds is 4. The van der Waals surface area contributed by atoms with Crippen molar-refractivity contribution in [1.29, 1.82) is 0 Å². The molecule has 0 aromatic heterocycles. The molecule has 0 bridgehead atoms. The van der Waals surface area contributed by atoms with Crippen LogP contribution < -0.4 is 10.1 Å². The van der Waals surface area contributed by atoms with E-state index in [0.717, 1.165) is 22.6 Å². The lowest BCUT2D eigenvalue weighted by Crippen LogP contribution is -2.31. The maximum Gasteiger partial charge on any atom is 0.305 e. The molecule has 0 spiro atoms. The van der Waals surface area contributed by atoms with Crippen molar-refractivity contribution < 1.29 is 14.3 Å². The Morgan fingerprint density at radius 1 is 1.30 bits per heavy atom. The van der Waals surface area contributed by atoms with E-state index in [-0.39, 0.29) is 12.1 Å². The number of carbonyl (C=O) groups excluding carboxylic acids is 1. The number of nitrogens with one attached hydrogen (secondary N) is 1. The zero-order valence-corrected chi connectivity index (χ0v) is 13.6. The fraction of sp³-hybridized carbons (Fsp3) is 0.278. The summed E-state index contributed by atoms with van der Waals surface area (Å²) in [6, 6.07) is 13.8. The molecule has 1 aliphatic rings. The molecular weight excluding hydrogens is 314 g/mol. The molecule has 1 aliphatic heterocycles. The average Bonchev–Trinajstić information content (AvgIpc) is 2.59. The molecular formula is C18H18ClNO3. The van der Waals surface area contributed by atoms with Crippen LogP contribution in [-0.4, -0.2) is 25.7 Å². The number of methoxy groups -OCH3 is 1. The van der Waals surface area contributed by atoms with E-state index in [9.17, 15) is 4.79 Å². The van der Waals surface area contributed by atoms with Crippen molar-refractivity contribution in [2.24, 2.45) is 0 Å². The predicted octanol–water partition coefficient (Wildman–Crippen LogP) is 4.13. The molecule has 3 rings (SSSR count). The van der Waals surface area contributed by atoms with Gasteiger partial charge in [-0.2, -0.15) is 0 Å².